The molecule has 2 aromatic carbocycles. The first-order chi connectivity index (χ1) is 22.5. The number of methoxy groups -OCH3 is 1. The standard InChI is InChI=1S/C33H30O15/c1-10-20-12(4-14(47-10)8-19(38)46-3)5-17-22(29(20)42)27(40)16-9-33(17,48-11(2)34)25-21(16)30(43)24-23(31(25)44)26(39)15(28(41)32(24)45)6-13(35)7-18(36)37/h5,10,13-14,16,35,39,42-44H,4,6-9H2,1-3H3,(H,36,37)/t10-,13-,14+,16+,33-/m1/s1. The highest BCUT2D eigenvalue weighted by Gasteiger charge is 2.61. The number of ether oxygens (including phenoxy) is 3. The number of hydrogen-bond acceptors (Lipinski definition) is 14. The molecule has 252 valence electrons. The topological polar surface area (TPSA) is 251 Å². The van der Waals surface area contributed by atoms with Crippen LogP contribution in [0, 0.1) is 0 Å². The molecule has 1 aliphatic heterocycles. The number of carbonyl (C=O) groups is 6. The summed E-state index contributed by atoms with van der Waals surface area (Å²) in [4.78, 5) is 76.4. The third-order valence-corrected chi connectivity index (χ3v) is 9.42. The predicted molar refractivity (Wildman–Crippen MR) is 158 cm³/mol. The highest BCUT2D eigenvalue weighted by Crippen LogP contribution is 2.65. The number of carbonyl (C=O) groups excluding carboxylic acids is 5. The second kappa shape index (κ2) is 11.2. The maximum Gasteiger partial charge on any atom is 0.308 e. The number of phenols is 3. The number of benzene rings is 2. The lowest BCUT2D eigenvalue weighted by atomic mass is 9.73. The van der Waals surface area contributed by atoms with Crippen LogP contribution in [0.1, 0.15) is 106 Å². The Kier molecular flexibility index (Phi) is 7.59. The fraction of sp³-hybridized carbons (Fsp3) is 0.394. The van der Waals surface area contributed by atoms with Gasteiger partial charge in [-0.05, 0) is 25.0 Å². The molecule has 6 N–H and O–H groups in total. The minimum absolute atomic E-state index is 0.0554. The number of fused-ring (bicyclic) bond motifs is 9. The summed E-state index contributed by atoms with van der Waals surface area (Å²) >= 11 is 0. The van der Waals surface area contributed by atoms with Crippen LogP contribution in [0.4, 0.5) is 0 Å². The summed E-state index contributed by atoms with van der Waals surface area (Å²) in [5.41, 5.74) is -4.87. The molecule has 2 aromatic rings. The Morgan fingerprint density at radius 3 is 2.29 bits per heavy atom. The Morgan fingerprint density at radius 1 is 1.00 bits per heavy atom. The maximum atomic E-state index is 14.1. The molecule has 3 aliphatic carbocycles. The van der Waals surface area contributed by atoms with E-state index in [0.29, 0.717) is 5.56 Å². The lowest BCUT2D eigenvalue weighted by Gasteiger charge is -2.38. The fourth-order valence-corrected chi connectivity index (χ4v) is 7.65. The van der Waals surface area contributed by atoms with Crippen molar-refractivity contribution in [2.75, 3.05) is 7.11 Å². The Bertz CT molecular complexity index is 1920. The van der Waals surface area contributed by atoms with Gasteiger partial charge in [0, 0.05) is 42.0 Å². The van der Waals surface area contributed by atoms with Gasteiger partial charge < -0.3 is 44.8 Å². The number of aliphatic hydroxyl groups is 2. The van der Waals surface area contributed by atoms with Crippen LogP contribution >= 0.6 is 0 Å². The van der Waals surface area contributed by atoms with Crippen molar-refractivity contribution in [3.63, 3.8) is 0 Å². The summed E-state index contributed by atoms with van der Waals surface area (Å²) in [6, 6.07) is 1.48. The number of aliphatic hydroxyl groups excluding tert-OH is 2. The summed E-state index contributed by atoms with van der Waals surface area (Å²) < 4.78 is 16.5. The number of carboxylic acids is 1. The summed E-state index contributed by atoms with van der Waals surface area (Å²) in [6.45, 7) is 2.65. The molecule has 0 radical (unpaired) electrons. The molecule has 6 rings (SSSR count). The van der Waals surface area contributed by atoms with E-state index in [0.717, 1.165) is 6.92 Å². The van der Waals surface area contributed by atoms with Crippen molar-refractivity contribution >= 4 is 41.0 Å². The highest BCUT2D eigenvalue weighted by atomic mass is 16.6. The van der Waals surface area contributed by atoms with Gasteiger partial charge in [0.2, 0.25) is 11.6 Å². The molecule has 0 aromatic heterocycles. The van der Waals surface area contributed by atoms with E-state index >= 15 is 0 Å². The van der Waals surface area contributed by atoms with Crippen molar-refractivity contribution in [2.24, 2.45) is 0 Å². The van der Waals surface area contributed by atoms with Crippen molar-refractivity contribution in [2.45, 2.75) is 75.8 Å². The summed E-state index contributed by atoms with van der Waals surface area (Å²) in [5, 5.41) is 65.5. The molecular weight excluding hydrogens is 636 g/mol. The van der Waals surface area contributed by atoms with Crippen LogP contribution in [0.3, 0.4) is 0 Å². The SMILES string of the molecule is COC(=O)C[C@@H]1Cc2cc3c(c(O)c2[C@@H](C)O1)C(=O)[C@H]1C[C@]3(OC(C)=O)c2c(O)c3c(c(O)c21)C(=O)C(=O)C(C[C@@H](O)CC(=O)O)=C3O. The number of rotatable bonds is 7. The van der Waals surface area contributed by atoms with Gasteiger partial charge in [0.25, 0.3) is 0 Å². The molecule has 1 heterocycles. The predicted octanol–water partition coefficient (Wildman–Crippen LogP) is 2.12. The van der Waals surface area contributed by atoms with Gasteiger partial charge in [-0.15, -0.1) is 0 Å². The number of hydrogen-bond donors (Lipinski definition) is 6. The van der Waals surface area contributed by atoms with Crippen molar-refractivity contribution in [1.82, 2.24) is 0 Å². The van der Waals surface area contributed by atoms with Gasteiger partial charge in [-0.3, -0.25) is 28.8 Å². The third-order valence-electron chi connectivity index (χ3n) is 9.42. The van der Waals surface area contributed by atoms with Crippen molar-refractivity contribution in [1.29, 1.82) is 0 Å². The zero-order valence-corrected chi connectivity index (χ0v) is 25.8. The van der Waals surface area contributed by atoms with E-state index in [1.165, 1.54) is 13.2 Å². The third kappa shape index (κ3) is 4.56. The van der Waals surface area contributed by atoms with Crippen molar-refractivity contribution < 1.29 is 73.6 Å². The van der Waals surface area contributed by atoms with Gasteiger partial charge in [-0.1, -0.05) is 0 Å². The van der Waals surface area contributed by atoms with E-state index in [1.54, 1.807) is 6.92 Å². The normalized spacial score (nSPS) is 24.3. The van der Waals surface area contributed by atoms with E-state index in [1.807, 2.05) is 0 Å². The monoisotopic (exact) mass is 666 g/mol. The zero-order chi connectivity index (χ0) is 35.1. The highest BCUT2D eigenvalue weighted by molar-refractivity contribution is 6.53. The molecule has 0 amide bonds. The summed E-state index contributed by atoms with van der Waals surface area (Å²) in [5.74, 6) is -11.3. The zero-order valence-electron chi connectivity index (χ0n) is 25.8. The van der Waals surface area contributed by atoms with E-state index in [4.69, 9.17) is 19.3 Å². The van der Waals surface area contributed by atoms with E-state index in [2.05, 4.69) is 0 Å². The minimum atomic E-state index is -2.08. The average molecular weight is 667 g/mol. The van der Waals surface area contributed by atoms with Crippen LogP contribution in [0.5, 0.6) is 17.2 Å². The van der Waals surface area contributed by atoms with Gasteiger partial charge in [0.05, 0.1) is 66.4 Å². The van der Waals surface area contributed by atoms with E-state index in [-0.39, 0.29) is 40.7 Å². The second-order valence-electron chi connectivity index (χ2n) is 12.3. The quantitative estimate of drug-likeness (QED) is 0.141. The maximum absolute atomic E-state index is 14.1. The van der Waals surface area contributed by atoms with E-state index < -0.39 is 124 Å². The lowest BCUT2D eigenvalue weighted by molar-refractivity contribution is -0.154. The van der Waals surface area contributed by atoms with E-state index in [9.17, 15) is 54.3 Å². The van der Waals surface area contributed by atoms with Gasteiger partial charge in [-0.2, -0.15) is 0 Å². The Morgan fingerprint density at radius 2 is 1.67 bits per heavy atom. The number of aliphatic carboxylic acids is 1. The molecular formula is C33H30O15. The van der Waals surface area contributed by atoms with Crippen LogP contribution in [0.15, 0.2) is 11.6 Å². The fourth-order valence-electron chi connectivity index (χ4n) is 7.65. The molecule has 5 atom stereocenters. The molecule has 2 bridgehead atoms. The molecule has 0 saturated heterocycles. The first-order valence-corrected chi connectivity index (χ1v) is 14.9. The smallest absolute Gasteiger partial charge is 0.308 e. The molecule has 15 nitrogen and oxygen atoms in total. The molecule has 0 fully saturated rings. The lowest BCUT2D eigenvalue weighted by Crippen LogP contribution is -2.38. The van der Waals surface area contributed by atoms with Crippen LogP contribution in [-0.2, 0) is 45.4 Å². The van der Waals surface area contributed by atoms with Crippen LogP contribution in [0.2, 0.25) is 0 Å². The summed E-state index contributed by atoms with van der Waals surface area (Å²) in [7, 11) is 1.21. The number of ketones is 3. The van der Waals surface area contributed by atoms with Gasteiger partial charge >= 0.3 is 17.9 Å². The van der Waals surface area contributed by atoms with Gasteiger partial charge in [0.1, 0.15) is 23.0 Å². The van der Waals surface area contributed by atoms with Crippen LogP contribution < -0.4 is 0 Å². The van der Waals surface area contributed by atoms with Crippen LogP contribution in [-0.4, -0.2) is 85.2 Å². The second-order valence-corrected chi connectivity index (χ2v) is 12.3. The molecule has 4 aliphatic rings. The van der Waals surface area contributed by atoms with Gasteiger partial charge in [-0.25, -0.2) is 0 Å². The number of carboxylic acid groups (broad SMARTS) is 1. The molecule has 15 heteroatoms. The van der Waals surface area contributed by atoms with Crippen LogP contribution in [0.25, 0.3) is 5.76 Å². The number of phenolic OH excluding ortho intramolecular Hbond substituents is 3. The van der Waals surface area contributed by atoms with Gasteiger partial charge in [0.15, 0.2) is 11.4 Å². The Balaban J connectivity index is 1.62. The largest absolute Gasteiger partial charge is 0.507 e. The van der Waals surface area contributed by atoms with Crippen molar-refractivity contribution in [3.05, 3.63) is 56.1 Å². The first-order valence-electron chi connectivity index (χ1n) is 14.9. The van der Waals surface area contributed by atoms with Crippen molar-refractivity contribution in [3.8, 4) is 17.2 Å². The number of Topliss-reactive ketones (excluding diaryl/α,β-unsaturated/α-hetero) is 3. The number of esters is 2. The molecule has 0 spiro atoms. The molecule has 48 heavy (non-hydrogen) atoms. The molecule has 0 saturated carbocycles. The Labute approximate surface area is 271 Å². The average Bonchev–Trinajstić information content (AvgIpc) is 3.30. The Hall–Kier alpha value is -5.28. The number of aromatic hydroxyl groups is 3. The summed E-state index contributed by atoms with van der Waals surface area (Å²) in [6.07, 6.45) is -5.36. The minimum Gasteiger partial charge on any atom is -0.507 e. The first kappa shape index (κ1) is 32.7. The molecule has 0 unspecified atom stereocenters.